The third-order valence-electron chi connectivity index (χ3n) is 6.15. The summed E-state index contributed by atoms with van der Waals surface area (Å²) in [6.45, 7) is 0.169. The Morgan fingerprint density at radius 1 is 0.949 bits per heavy atom. The minimum Gasteiger partial charge on any atom is -0.383 e. The lowest BCUT2D eigenvalue weighted by Gasteiger charge is -2.19. The summed E-state index contributed by atoms with van der Waals surface area (Å²) in [4.78, 5) is 38.5. The number of aromatic nitrogens is 4. The molecule has 2 aromatic carbocycles. The number of hydrogen-bond acceptors (Lipinski definition) is 6. The van der Waals surface area contributed by atoms with Gasteiger partial charge in [0.1, 0.15) is 24.0 Å². The molecule has 4 N–H and O–H groups in total. The van der Waals surface area contributed by atoms with E-state index in [1.807, 2.05) is 24.3 Å². The number of nitrogens with one attached hydrogen (secondary N) is 2. The smallest absolute Gasteiger partial charge is 0.253 e. The molecule has 39 heavy (non-hydrogen) atoms. The highest BCUT2D eigenvalue weighted by atomic mass is 19.2. The molecule has 2 amide bonds. The highest BCUT2D eigenvalue weighted by Crippen LogP contribution is 2.20. The van der Waals surface area contributed by atoms with Crippen LogP contribution in [0.1, 0.15) is 21.5 Å². The van der Waals surface area contributed by atoms with Crippen molar-refractivity contribution in [1.82, 2.24) is 30.2 Å². The maximum Gasteiger partial charge on any atom is 0.253 e. The Labute approximate surface area is 221 Å². The highest BCUT2D eigenvalue weighted by Gasteiger charge is 2.23. The molecule has 5 aromatic rings. The van der Waals surface area contributed by atoms with Gasteiger partial charge in [0.15, 0.2) is 11.6 Å². The number of rotatable bonds is 8. The van der Waals surface area contributed by atoms with Crippen molar-refractivity contribution >= 4 is 28.4 Å². The van der Waals surface area contributed by atoms with Gasteiger partial charge in [-0.05, 0) is 52.9 Å². The molecule has 0 bridgehead atoms. The lowest BCUT2D eigenvalue weighted by atomic mass is 10.0. The van der Waals surface area contributed by atoms with E-state index >= 15 is 0 Å². The molecule has 0 aliphatic heterocycles. The maximum absolute atomic E-state index is 13.8. The van der Waals surface area contributed by atoms with Gasteiger partial charge in [-0.25, -0.2) is 23.7 Å². The number of fused-ring (bicyclic) bond motifs is 1. The summed E-state index contributed by atoms with van der Waals surface area (Å²) in [7, 11) is 0. The third kappa shape index (κ3) is 5.87. The second-order valence-electron chi connectivity index (χ2n) is 8.82. The SMILES string of the molecule is Nc1nccc2cc(CNC(=O)[C@H](Cc3ccc(F)c(F)c3)NC(=O)c3ccc(-n4ccnc4)nc3)ccc12. The number of carbonyl (C=O) groups is 2. The Balaban J connectivity index is 1.32. The highest BCUT2D eigenvalue weighted by molar-refractivity contribution is 5.97. The summed E-state index contributed by atoms with van der Waals surface area (Å²) >= 11 is 0. The fraction of sp³-hybridized carbons (Fsp3) is 0.107. The molecule has 9 nitrogen and oxygen atoms in total. The number of anilines is 1. The minimum absolute atomic E-state index is 0.0603. The van der Waals surface area contributed by atoms with Gasteiger partial charge in [-0.15, -0.1) is 0 Å². The first-order chi connectivity index (χ1) is 18.9. The van der Waals surface area contributed by atoms with Crippen molar-refractivity contribution < 1.29 is 18.4 Å². The largest absolute Gasteiger partial charge is 0.383 e. The van der Waals surface area contributed by atoms with Crippen molar-refractivity contribution in [3.63, 3.8) is 0 Å². The van der Waals surface area contributed by atoms with Gasteiger partial charge >= 0.3 is 0 Å². The first-order valence-electron chi connectivity index (χ1n) is 12.0. The fourth-order valence-corrected chi connectivity index (χ4v) is 4.09. The second kappa shape index (κ2) is 11.1. The van der Waals surface area contributed by atoms with Crippen molar-refractivity contribution in [3.05, 3.63) is 114 Å². The van der Waals surface area contributed by atoms with E-state index in [9.17, 15) is 18.4 Å². The Kier molecular flexibility index (Phi) is 7.21. The number of amides is 2. The van der Waals surface area contributed by atoms with Crippen molar-refractivity contribution in [2.24, 2.45) is 0 Å². The van der Waals surface area contributed by atoms with Crippen molar-refractivity contribution in [3.8, 4) is 5.82 Å². The molecule has 0 saturated heterocycles. The third-order valence-corrected chi connectivity index (χ3v) is 6.15. The number of halogens is 2. The van der Waals surface area contributed by atoms with E-state index in [2.05, 4.69) is 25.6 Å². The van der Waals surface area contributed by atoms with E-state index in [-0.39, 0.29) is 18.5 Å². The molecular weight excluding hydrogens is 504 g/mol. The lowest BCUT2D eigenvalue weighted by molar-refractivity contribution is -0.123. The molecule has 0 aliphatic carbocycles. The summed E-state index contributed by atoms with van der Waals surface area (Å²) in [6, 6.07) is 12.8. The zero-order chi connectivity index (χ0) is 27.4. The van der Waals surface area contributed by atoms with Crippen LogP contribution >= 0.6 is 0 Å². The molecule has 0 saturated carbocycles. The Morgan fingerprint density at radius 2 is 1.79 bits per heavy atom. The molecule has 0 unspecified atom stereocenters. The average Bonchev–Trinajstić information content (AvgIpc) is 3.49. The first kappa shape index (κ1) is 25.5. The monoisotopic (exact) mass is 527 g/mol. The van der Waals surface area contributed by atoms with E-state index in [1.54, 1.807) is 41.6 Å². The van der Waals surface area contributed by atoms with Gasteiger partial charge in [0.05, 0.1) is 5.56 Å². The van der Waals surface area contributed by atoms with E-state index in [1.165, 1.54) is 12.3 Å². The summed E-state index contributed by atoms with van der Waals surface area (Å²) < 4.78 is 29.0. The average molecular weight is 528 g/mol. The molecule has 0 fully saturated rings. The maximum atomic E-state index is 13.8. The molecule has 196 valence electrons. The standard InChI is InChI=1S/C28H23F2N7O2/c29-22-5-2-17(12-23(22)30)13-24(36-27(38)20-3-6-25(34-15-20)37-10-9-32-16-37)28(39)35-14-18-1-4-21-19(11-18)7-8-33-26(21)31/h1-12,15-16,24H,13-14H2,(H2,31,33)(H,35,39)(H,36,38)/t24-/m0/s1. The molecule has 1 atom stereocenters. The fourth-order valence-electron chi connectivity index (χ4n) is 4.09. The Morgan fingerprint density at radius 3 is 2.54 bits per heavy atom. The number of nitrogens with two attached hydrogens (primary N) is 1. The van der Waals surface area contributed by atoms with Gasteiger partial charge in [-0.2, -0.15) is 0 Å². The number of carbonyl (C=O) groups excluding carboxylic acids is 2. The van der Waals surface area contributed by atoms with Crippen LogP contribution in [0.3, 0.4) is 0 Å². The zero-order valence-electron chi connectivity index (χ0n) is 20.5. The van der Waals surface area contributed by atoms with Crippen LogP contribution in [0.25, 0.3) is 16.6 Å². The van der Waals surface area contributed by atoms with Crippen LogP contribution in [-0.2, 0) is 17.8 Å². The van der Waals surface area contributed by atoms with Gasteiger partial charge in [0.25, 0.3) is 5.91 Å². The molecule has 11 heteroatoms. The number of pyridine rings is 2. The van der Waals surface area contributed by atoms with Crippen LogP contribution in [0.4, 0.5) is 14.6 Å². The molecule has 5 rings (SSSR count). The van der Waals surface area contributed by atoms with E-state index in [4.69, 9.17) is 5.73 Å². The summed E-state index contributed by atoms with van der Waals surface area (Å²) in [5, 5.41) is 7.17. The van der Waals surface area contributed by atoms with Gasteiger partial charge in [-0.3, -0.25) is 14.2 Å². The Hall–Kier alpha value is -5.19. The van der Waals surface area contributed by atoms with Crippen LogP contribution < -0.4 is 16.4 Å². The predicted octanol–water partition coefficient (Wildman–Crippen LogP) is 3.33. The summed E-state index contributed by atoms with van der Waals surface area (Å²) in [5.41, 5.74) is 7.28. The first-order valence-corrected chi connectivity index (χ1v) is 12.0. The van der Waals surface area contributed by atoms with Gasteiger partial charge in [0, 0.05) is 43.1 Å². The van der Waals surface area contributed by atoms with Crippen LogP contribution in [0.15, 0.2) is 85.7 Å². The van der Waals surface area contributed by atoms with Gasteiger partial charge < -0.3 is 16.4 Å². The number of nitrogens with zero attached hydrogens (tertiary/aromatic N) is 4. The predicted molar refractivity (Wildman–Crippen MR) is 141 cm³/mol. The van der Waals surface area contributed by atoms with Crippen molar-refractivity contribution in [2.75, 3.05) is 5.73 Å². The normalized spacial score (nSPS) is 11.7. The zero-order valence-corrected chi connectivity index (χ0v) is 20.5. The number of imidazole rings is 1. The van der Waals surface area contributed by atoms with Gasteiger partial charge in [-0.1, -0.05) is 18.2 Å². The van der Waals surface area contributed by atoms with E-state index in [0.29, 0.717) is 17.2 Å². The number of hydrogen-bond donors (Lipinski definition) is 3. The molecular formula is C28H23F2N7O2. The molecule has 0 aliphatic rings. The minimum atomic E-state index is -1.07. The van der Waals surface area contributed by atoms with Crippen LogP contribution in [-0.4, -0.2) is 37.4 Å². The van der Waals surface area contributed by atoms with Crippen molar-refractivity contribution in [2.45, 2.75) is 19.0 Å². The molecule has 0 spiro atoms. The van der Waals surface area contributed by atoms with Crippen LogP contribution in [0.5, 0.6) is 0 Å². The van der Waals surface area contributed by atoms with E-state index in [0.717, 1.165) is 28.5 Å². The summed E-state index contributed by atoms with van der Waals surface area (Å²) in [5.74, 6) is -2.11. The number of benzene rings is 2. The van der Waals surface area contributed by atoms with E-state index < -0.39 is 29.5 Å². The van der Waals surface area contributed by atoms with Crippen LogP contribution in [0, 0.1) is 11.6 Å². The van der Waals surface area contributed by atoms with Crippen LogP contribution in [0.2, 0.25) is 0 Å². The molecule has 0 radical (unpaired) electrons. The van der Waals surface area contributed by atoms with Crippen molar-refractivity contribution in [1.29, 1.82) is 0 Å². The molecule has 3 aromatic heterocycles. The molecule has 3 heterocycles. The quantitative estimate of drug-likeness (QED) is 0.284. The topological polar surface area (TPSA) is 128 Å². The second-order valence-corrected chi connectivity index (χ2v) is 8.82. The summed E-state index contributed by atoms with van der Waals surface area (Å²) in [6.07, 6.45) is 7.82. The van der Waals surface area contributed by atoms with Gasteiger partial charge in [0.2, 0.25) is 5.91 Å². The lowest BCUT2D eigenvalue weighted by Crippen LogP contribution is -2.47. The Bertz CT molecular complexity index is 1640. The number of nitrogen functional groups attached to an aromatic ring is 1.